The zero-order valence-corrected chi connectivity index (χ0v) is 23.9. The molecule has 1 aliphatic heterocycles. The molecular weight excluding hydrogens is 509 g/mol. The van der Waals surface area contributed by atoms with Gasteiger partial charge in [0.2, 0.25) is 6.41 Å². The lowest BCUT2D eigenvalue weighted by Crippen LogP contribution is -2.35. The van der Waals surface area contributed by atoms with E-state index in [0.717, 1.165) is 12.8 Å². The molecule has 0 aromatic carbocycles. The van der Waals surface area contributed by atoms with E-state index >= 15 is 0 Å². The summed E-state index contributed by atoms with van der Waals surface area (Å²) in [7, 11) is 0.122. The monoisotopic (exact) mass is 549 g/mol. The van der Waals surface area contributed by atoms with Gasteiger partial charge in [-0.1, -0.05) is 32.5 Å². The van der Waals surface area contributed by atoms with Crippen LogP contribution in [0.4, 0.5) is 0 Å². The summed E-state index contributed by atoms with van der Waals surface area (Å²) < 4.78 is 23.0. The summed E-state index contributed by atoms with van der Waals surface area (Å²) in [5.74, 6) is -0.469. The predicted molar refractivity (Wildman–Crippen MR) is 139 cm³/mol. The molecule has 1 heterocycles. The predicted octanol–water partition coefficient (Wildman–Crippen LogP) is 2.71. The maximum Gasteiger partial charge on any atom is 0.323 e. The van der Waals surface area contributed by atoms with Gasteiger partial charge in [0.1, 0.15) is 12.3 Å². The molecule has 1 fully saturated rings. The first-order valence-electron chi connectivity index (χ1n) is 11.8. The van der Waals surface area contributed by atoms with Crippen LogP contribution in [-0.2, 0) is 37.7 Å². The lowest BCUT2D eigenvalue weighted by Gasteiger charge is -2.25. The molecule has 0 aromatic rings. The quantitative estimate of drug-likeness (QED) is 0.103. The van der Waals surface area contributed by atoms with Crippen molar-refractivity contribution in [2.45, 2.75) is 78.9 Å². The zero-order valence-electron chi connectivity index (χ0n) is 22.1. The second kappa shape index (κ2) is 16.3. The number of ether oxygens (including phenoxy) is 2. The Bertz CT molecular complexity index is 762. The van der Waals surface area contributed by atoms with E-state index in [4.69, 9.17) is 18.5 Å². The molecule has 0 aromatic heterocycles. The van der Waals surface area contributed by atoms with Crippen molar-refractivity contribution < 1.29 is 37.7 Å². The number of rotatable bonds is 15. The lowest BCUT2D eigenvalue weighted by molar-refractivity contribution is -0.149. The van der Waals surface area contributed by atoms with Gasteiger partial charge in [-0.05, 0) is 33.6 Å². The Morgan fingerprint density at radius 1 is 1.19 bits per heavy atom. The van der Waals surface area contributed by atoms with Gasteiger partial charge in [0, 0.05) is 30.5 Å². The first kappa shape index (κ1) is 32.5. The van der Waals surface area contributed by atoms with Crippen molar-refractivity contribution in [2.75, 3.05) is 26.0 Å². The number of imide groups is 1. The van der Waals surface area contributed by atoms with Crippen molar-refractivity contribution in [3.05, 3.63) is 12.3 Å². The van der Waals surface area contributed by atoms with Crippen LogP contribution in [0.5, 0.6) is 0 Å². The number of carbonyl (C=O) groups is 4. The van der Waals surface area contributed by atoms with E-state index in [0.29, 0.717) is 12.2 Å². The molecule has 11 nitrogen and oxygen atoms in total. The normalized spacial score (nSPS) is 19.8. The van der Waals surface area contributed by atoms with Gasteiger partial charge in [-0.2, -0.15) is 0 Å². The molecule has 206 valence electrons. The number of esters is 1. The third-order valence-corrected chi connectivity index (χ3v) is 7.37. The minimum Gasteiger partial charge on any atom is -0.462 e. The Morgan fingerprint density at radius 2 is 1.89 bits per heavy atom. The molecule has 1 saturated heterocycles. The maximum atomic E-state index is 12.2. The molecule has 0 saturated carbocycles. The number of hydrogen-bond acceptors (Lipinski definition) is 11. The summed E-state index contributed by atoms with van der Waals surface area (Å²) in [6, 6.07) is -0.645. The molecule has 1 rings (SSSR count). The highest BCUT2D eigenvalue weighted by molar-refractivity contribution is 8.13. The topological polar surface area (TPSA) is 132 Å². The summed E-state index contributed by atoms with van der Waals surface area (Å²) in [5.41, 5.74) is -0.434. The Labute approximate surface area is 219 Å². The van der Waals surface area contributed by atoms with Crippen molar-refractivity contribution in [3.63, 3.8) is 0 Å². The summed E-state index contributed by atoms with van der Waals surface area (Å²) >= 11 is 1.20. The van der Waals surface area contributed by atoms with Crippen LogP contribution in [-0.4, -0.2) is 78.8 Å². The van der Waals surface area contributed by atoms with Crippen LogP contribution >= 0.6 is 20.3 Å². The van der Waals surface area contributed by atoms with Crippen LogP contribution in [0.15, 0.2) is 12.3 Å². The van der Waals surface area contributed by atoms with Crippen molar-refractivity contribution in [1.29, 1.82) is 0 Å². The van der Waals surface area contributed by atoms with Crippen LogP contribution in [0.2, 0.25) is 0 Å². The largest absolute Gasteiger partial charge is 0.462 e. The van der Waals surface area contributed by atoms with Gasteiger partial charge < -0.3 is 23.4 Å². The first-order valence-corrected chi connectivity index (χ1v) is 14.0. The van der Waals surface area contributed by atoms with E-state index in [2.05, 4.69) is 5.09 Å². The average molecular weight is 550 g/mol. The van der Waals surface area contributed by atoms with Crippen LogP contribution in [0, 0.1) is 5.41 Å². The summed E-state index contributed by atoms with van der Waals surface area (Å²) in [6.07, 6.45) is 3.87. The first-order chi connectivity index (χ1) is 16.8. The van der Waals surface area contributed by atoms with E-state index < -0.39 is 31.9 Å². The van der Waals surface area contributed by atoms with Crippen LogP contribution in [0.25, 0.3) is 0 Å². The number of nitrogens with one attached hydrogen (secondary N) is 2. The molecule has 4 atom stereocenters. The third-order valence-electron chi connectivity index (χ3n) is 4.72. The number of amides is 2. The smallest absolute Gasteiger partial charge is 0.323 e. The van der Waals surface area contributed by atoms with E-state index in [-0.39, 0.29) is 36.8 Å². The highest BCUT2D eigenvalue weighted by Gasteiger charge is 2.30. The molecule has 4 unspecified atom stereocenters. The van der Waals surface area contributed by atoms with Gasteiger partial charge >= 0.3 is 5.97 Å². The lowest BCUT2D eigenvalue weighted by atomic mass is 10.00. The van der Waals surface area contributed by atoms with E-state index in [1.165, 1.54) is 17.8 Å². The van der Waals surface area contributed by atoms with Gasteiger partial charge in [0.05, 0.1) is 25.4 Å². The van der Waals surface area contributed by atoms with Crippen LogP contribution < -0.4 is 10.4 Å². The van der Waals surface area contributed by atoms with Crippen LogP contribution in [0.3, 0.4) is 0 Å². The molecule has 13 heteroatoms. The zero-order chi connectivity index (χ0) is 27.3. The molecule has 36 heavy (non-hydrogen) atoms. The SMILES string of the molecule is CC(C)OC(=O)C(C)NP(OCCSC(=O)C(C)(C)C)OCC1CCC(N(C)/C=C\C(=O)NC=O)O1. The Balaban J connectivity index is 2.61. The van der Waals surface area contributed by atoms with Gasteiger partial charge in [-0.25, -0.2) is 5.09 Å². The van der Waals surface area contributed by atoms with E-state index in [9.17, 15) is 19.2 Å². The average Bonchev–Trinajstić information content (AvgIpc) is 3.26. The van der Waals surface area contributed by atoms with Gasteiger partial charge in [-0.3, -0.25) is 24.5 Å². The molecule has 1 aliphatic rings. The van der Waals surface area contributed by atoms with Gasteiger partial charge in [-0.15, -0.1) is 0 Å². The number of hydrogen-bond donors (Lipinski definition) is 2. The molecule has 0 radical (unpaired) electrons. The second-order valence-corrected chi connectivity index (χ2v) is 11.9. The van der Waals surface area contributed by atoms with Crippen molar-refractivity contribution in [2.24, 2.45) is 5.41 Å². The van der Waals surface area contributed by atoms with Gasteiger partial charge in [0.25, 0.3) is 14.4 Å². The molecule has 2 amide bonds. The molecular formula is C23H40N3O8PS. The second-order valence-electron chi connectivity index (χ2n) is 9.51. The highest BCUT2D eigenvalue weighted by Crippen LogP contribution is 2.36. The van der Waals surface area contributed by atoms with Crippen LogP contribution in [0.1, 0.15) is 54.4 Å². The fraction of sp³-hybridized carbons (Fsp3) is 0.739. The van der Waals surface area contributed by atoms with Crippen molar-refractivity contribution in [1.82, 2.24) is 15.3 Å². The Kier molecular flexibility index (Phi) is 14.7. The fourth-order valence-corrected chi connectivity index (χ4v) is 4.89. The van der Waals surface area contributed by atoms with E-state index in [1.807, 2.05) is 26.1 Å². The number of carbonyl (C=O) groups excluding carboxylic acids is 4. The number of thioether (sulfide) groups is 1. The summed E-state index contributed by atoms with van der Waals surface area (Å²) in [6.45, 7) is 11.3. The molecule has 0 aliphatic carbocycles. The van der Waals surface area contributed by atoms with Crippen molar-refractivity contribution in [3.8, 4) is 0 Å². The minimum absolute atomic E-state index is 0.0744. The summed E-state index contributed by atoms with van der Waals surface area (Å²) in [5, 5.41) is 5.15. The fourth-order valence-electron chi connectivity index (χ4n) is 2.78. The Hall–Kier alpha value is -1.56. The standard InChI is InChI=1S/C23H40N3O8PS/c1-16(2)33-21(29)17(3)25-35(31-12-13-36-22(30)23(4,5)6)32-14-18-8-9-20(34-18)26(7)11-10-19(28)24-15-27/h10-11,15-18,20,25H,8-9,12-14H2,1-7H3,(H,24,27,28)/b11-10-. The third kappa shape index (κ3) is 13.1. The molecule has 0 bridgehead atoms. The van der Waals surface area contributed by atoms with E-state index in [1.54, 1.807) is 38.9 Å². The maximum absolute atomic E-state index is 12.2. The minimum atomic E-state index is -1.65. The molecule has 0 spiro atoms. The highest BCUT2D eigenvalue weighted by atomic mass is 32.2. The Morgan fingerprint density at radius 3 is 2.50 bits per heavy atom. The summed E-state index contributed by atoms with van der Waals surface area (Å²) in [4.78, 5) is 47.8. The number of nitrogens with zero attached hydrogens (tertiary/aromatic N) is 1. The van der Waals surface area contributed by atoms with Gasteiger partial charge in [0.15, 0.2) is 5.12 Å². The van der Waals surface area contributed by atoms with Crippen molar-refractivity contribution >= 4 is 43.7 Å². The molecule has 2 N–H and O–H groups in total.